The summed E-state index contributed by atoms with van der Waals surface area (Å²) in [6, 6.07) is 17.8. The van der Waals surface area contributed by atoms with E-state index in [1.54, 1.807) is 26.0 Å². The molecule has 1 unspecified atom stereocenters. The van der Waals surface area contributed by atoms with Crippen molar-refractivity contribution >= 4 is 33.5 Å². The lowest BCUT2D eigenvalue weighted by Gasteiger charge is -2.40. The van der Waals surface area contributed by atoms with Crippen molar-refractivity contribution < 1.29 is 32.2 Å². The highest BCUT2D eigenvalue weighted by atomic mass is 19.4. The van der Waals surface area contributed by atoms with E-state index in [4.69, 9.17) is 9.47 Å². The summed E-state index contributed by atoms with van der Waals surface area (Å²) in [6.45, 7) is 17.7. The number of aromatic nitrogens is 4. The van der Waals surface area contributed by atoms with Crippen molar-refractivity contribution in [3.05, 3.63) is 126 Å². The molecule has 0 radical (unpaired) electrons. The van der Waals surface area contributed by atoms with Gasteiger partial charge in [0.1, 0.15) is 17.5 Å². The molecule has 2 aliphatic heterocycles. The molecule has 71 heavy (non-hydrogen) atoms. The molecule has 16 heteroatoms. The van der Waals surface area contributed by atoms with E-state index in [0.717, 1.165) is 58.5 Å². The first-order chi connectivity index (χ1) is 33.8. The van der Waals surface area contributed by atoms with Crippen LogP contribution in [0.3, 0.4) is 0 Å². The molecule has 4 atom stereocenters. The molecule has 0 spiro atoms. The summed E-state index contributed by atoms with van der Waals surface area (Å²) in [5.41, 5.74) is 6.56. The molecule has 382 valence electrons. The van der Waals surface area contributed by atoms with Crippen molar-refractivity contribution in [3.63, 3.8) is 0 Å². The van der Waals surface area contributed by atoms with E-state index >= 15 is 0 Å². The second-order valence-corrected chi connectivity index (χ2v) is 19.5. The van der Waals surface area contributed by atoms with E-state index in [1.165, 1.54) is 39.0 Å². The van der Waals surface area contributed by atoms with Gasteiger partial charge >= 0.3 is 6.18 Å². The monoisotopic (exact) mass is 982 g/mol. The molecule has 0 saturated carbocycles. The van der Waals surface area contributed by atoms with Crippen molar-refractivity contribution in [2.24, 2.45) is 11.8 Å². The number of methoxy groups -OCH3 is 2. The van der Waals surface area contributed by atoms with E-state index in [2.05, 4.69) is 44.7 Å². The van der Waals surface area contributed by atoms with E-state index in [1.807, 2.05) is 67.8 Å². The number of carbonyl (C=O) groups excluding carboxylic acids is 2. The summed E-state index contributed by atoms with van der Waals surface area (Å²) in [5.74, 6) is 1.02. The maximum absolute atomic E-state index is 13.7. The number of aryl methyl sites for hydroxylation is 2. The number of halogens is 3. The molecular formula is C55H70F3N7O6. The molecule has 0 bridgehead atoms. The number of alkyl halides is 3. The van der Waals surface area contributed by atoms with Gasteiger partial charge in [0.2, 0.25) is 0 Å². The Morgan fingerprint density at radius 3 is 1.79 bits per heavy atom. The average molecular weight is 982 g/mol. The number of hydrogen-bond acceptors (Lipinski definition) is 8. The second kappa shape index (κ2) is 22.1. The summed E-state index contributed by atoms with van der Waals surface area (Å²) >= 11 is 0. The van der Waals surface area contributed by atoms with E-state index in [0.29, 0.717) is 64.4 Å². The minimum Gasteiger partial charge on any atom is -0.496 e. The lowest BCUT2D eigenvalue weighted by molar-refractivity contribution is -0.192. The van der Waals surface area contributed by atoms with Crippen LogP contribution in [0.5, 0.6) is 11.5 Å². The fourth-order valence-corrected chi connectivity index (χ4v) is 11.3. The molecule has 6 aromatic rings. The number of nitrogens with zero attached hydrogens (tertiary/aromatic N) is 4. The van der Waals surface area contributed by atoms with Crippen molar-refractivity contribution in [2.45, 2.75) is 118 Å². The van der Waals surface area contributed by atoms with Crippen LogP contribution in [0.15, 0.2) is 70.3 Å². The van der Waals surface area contributed by atoms with Gasteiger partial charge in [0.15, 0.2) is 5.78 Å². The number of fused-ring (bicyclic) bond motifs is 2. The van der Waals surface area contributed by atoms with E-state index < -0.39 is 12.2 Å². The number of hydrogen-bond donors (Lipinski definition) is 3. The molecule has 4 aromatic heterocycles. The zero-order valence-corrected chi connectivity index (χ0v) is 42.8. The largest absolute Gasteiger partial charge is 0.496 e. The molecule has 2 fully saturated rings. The predicted octanol–water partition coefficient (Wildman–Crippen LogP) is 9.78. The molecule has 1 amide bonds. The number of pyridine rings is 2. The zero-order valence-electron chi connectivity index (χ0n) is 42.8. The Kier molecular flexibility index (Phi) is 16.4. The molecule has 3 N–H and O–H groups in total. The van der Waals surface area contributed by atoms with Crippen LogP contribution in [0.1, 0.15) is 120 Å². The smallest absolute Gasteiger partial charge is 0.404 e. The number of carbonyl (C=O) groups is 2. The number of likely N-dealkylation sites (tertiary alicyclic amines) is 2. The van der Waals surface area contributed by atoms with Crippen molar-refractivity contribution in [3.8, 4) is 11.5 Å². The van der Waals surface area contributed by atoms with Crippen LogP contribution in [0, 0.1) is 39.5 Å². The van der Waals surface area contributed by atoms with Gasteiger partial charge in [-0.1, -0.05) is 43.3 Å². The number of H-pyrrole nitrogens is 2. The number of Topliss-reactive ketones (excluding diaryl/α,β-unsaturated/α-hetero) is 1. The molecule has 2 aromatic carbocycles. The highest BCUT2D eigenvalue weighted by Gasteiger charge is 2.46. The Morgan fingerprint density at radius 2 is 1.24 bits per heavy atom. The number of ether oxygens (including phenoxy) is 2. The SMILES string of the molecule is CCN1CCC(C(C)n2c(C)c(C(=O)NCc3c(OC)cc(C)[nH]c3=O)c3ccccc32)CC1.COc1cc(C)[nH]c(=O)c1CCC(=O)c1c(C)n([C@H](C)[C@@H]2CCN(C)[C@H](C(F)(F)F)C2)c2ccccc12. The third-order valence-electron chi connectivity index (χ3n) is 15.3. The number of benzene rings is 2. The van der Waals surface area contributed by atoms with E-state index in [-0.39, 0.29) is 60.6 Å². The van der Waals surface area contributed by atoms with Crippen LogP contribution in [0.4, 0.5) is 13.2 Å². The fourth-order valence-electron chi connectivity index (χ4n) is 11.3. The first-order valence-corrected chi connectivity index (χ1v) is 24.8. The lowest BCUT2D eigenvalue weighted by atomic mass is 9.85. The van der Waals surface area contributed by atoms with Crippen LogP contribution >= 0.6 is 0 Å². The highest BCUT2D eigenvalue weighted by Crippen LogP contribution is 2.41. The summed E-state index contributed by atoms with van der Waals surface area (Å²) in [7, 11) is 4.55. The van der Waals surface area contributed by atoms with Crippen molar-refractivity contribution in [2.75, 3.05) is 47.4 Å². The van der Waals surface area contributed by atoms with Crippen LogP contribution in [-0.4, -0.2) is 100 Å². The van der Waals surface area contributed by atoms with E-state index in [9.17, 15) is 32.3 Å². The van der Waals surface area contributed by atoms with Gasteiger partial charge in [-0.15, -0.1) is 0 Å². The number of para-hydroxylation sites is 2. The zero-order chi connectivity index (χ0) is 51.5. The van der Waals surface area contributed by atoms with Crippen LogP contribution in [0.2, 0.25) is 0 Å². The summed E-state index contributed by atoms with van der Waals surface area (Å²) in [4.78, 5) is 61.4. The number of piperidine rings is 2. The number of amides is 1. The number of aromatic amines is 2. The summed E-state index contributed by atoms with van der Waals surface area (Å²) in [6.07, 6.45) is -0.958. The Balaban J connectivity index is 0.000000209. The molecule has 2 aliphatic rings. The first-order valence-electron chi connectivity index (χ1n) is 24.8. The Labute approximate surface area is 413 Å². The molecule has 8 rings (SSSR count). The van der Waals surface area contributed by atoms with Crippen molar-refractivity contribution in [1.29, 1.82) is 0 Å². The topological polar surface area (TPSA) is 147 Å². The van der Waals surface area contributed by atoms with Crippen LogP contribution in [-0.2, 0) is 13.0 Å². The van der Waals surface area contributed by atoms with Gasteiger partial charge < -0.3 is 38.8 Å². The second-order valence-electron chi connectivity index (χ2n) is 19.5. The van der Waals surface area contributed by atoms with Gasteiger partial charge in [-0.05, 0) is 143 Å². The van der Waals surface area contributed by atoms with Crippen molar-refractivity contribution in [1.82, 2.24) is 34.2 Å². The number of ketones is 1. The molecular weight excluding hydrogens is 912 g/mol. The quantitative estimate of drug-likeness (QED) is 0.0915. The summed E-state index contributed by atoms with van der Waals surface area (Å²) in [5, 5.41) is 4.69. The Hall–Kier alpha value is -6.13. The third kappa shape index (κ3) is 11.0. The molecule has 13 nitrogen and oxygen atoms in total. The maximum atomic E-state index is 13.7. The van der Waals surface area contributed by atoms with Gasteiger partial charge in [-0.3, -0.25) is 24.1 Å². The normalized spacial score (nSPS) is 18.0. The van der Waals surface area contributed by atoms with Gasteiger partial charge in [0.25, 0.3) is 17.0 Å². The minimum atomic E-state index is -4.28. The summed E-state index contributed by atoms with van der Waals surface area (Å²) < 4.78 is 56.1. The number of nitrogens with one attached hydrogen (secondary N) is 3. The van der Waals surface area contributed by atoms with Crippen LogP contribution in [0.25, 0.3) is 21.8 Å². The Bertz CT molecular complexity index is 3000. The Morgan fingerprint density at radius 1 is 0.746 bits per heavy atom. The average Bonchev–Trinajstić information content (AvgIpc) is 3.81. The molecule has 0 aliphatic carbocycles. The van der Waals surface area contributed by atoms with Gasteiger partial charge in [0, 0.05) is 68.6 Å². The first kappa shape index (κ1) is 52.7. The van der Waals surface area contributed by atoms with Gasteiger partial charge in [-0.2, -0.15) is 13.2 Å². The van der Waals surface area contributed by atoms with Crippen LogP contribution < -0.4 is 25.9 Å². The highest BCUT2D eigenvalue weighted by molar-refractivity contribution is 6.10. The standard InChI is InChI=1S/C28H34F3N3O3.C27H36N4O3/c1-16-14-24(37-5)21(27(36)32-16)10-11-23(35)26-18(3)34(22-9-7-6-8-20(22)26)17(2)19-12-13-33(4)25(15-19)28(29,30)31;1-6-30-13-11-20(12-14-30)18(3)31-19(4)25(21-9-7-8-10-23(21)31)27(33)28-16-22-24(34-5)15-17(2)29-26(22)32/h6-9,14,17,19,25H,10-13,15H2,1-5H3,(H,32,36);7-10,15,18,20H,6,11-14,16H2,1-5H3,(H,28,33)(H,29,32)/t17-,19-,25+;/m1./s1. The molecule has 2 saturated heterocycles. The maximum Gasteiger partial charge on any atom is 0.404 e. The number of rotatable bonds is 14. The predicted molar refractivity (Wildman–Crippen MR) is 273 cm³/mol. The molecule has 6 heterocycles. The minimum absolute atomic E-state index is 0.0202. The van der Waals surface area contributed by atoms with Gasteiger partial charge in [0.05, 0.1) is 37.5 Å². The van der Waals surface area contributed by atoms with Gasteiger partial charge in [-0.25, -0.2) is 0 Å². The fraction of sp³-hybridized carbons (Fsp3) is 0.491. The third-order valence-corrected chi connectivity index (χ3v) is 15.3. The lowest BCUT2D eigenvalue weighted by Crippen LogP contribution is -2.49.